The van der Waals surface area contributed by atoms with Crippen LogP contribution in [-0.2, 0) is 9.53 Å². The Morgan fingerprint density at radius 2 is 2.16 bits per heavy atom. The second-order valence-corrected chi connectivity index (χ2v) is 7.00. The van der Waals surface area contributed by atoms with Crippen LogP contribution < -0.4 is 0 Å². The molecule has 110 valence electrons. The van der Waals surface area contributed by atoms with Crippen LogP contribution in [0.2, 0.25) is 0 Å². The minimum Gasteiger partial charge on any atom is -0.385 e. The zero-order valence-corrected chi connectivity index (χ0v) is 13.1. The Morgan fingerprint density at radius 1 is 1.42 bits per heavy atom. The Labute approximate surface area is 121 Å². The zero-order chi connectivity index (χ0) is 13.7. The fraction of sp³-hybridized carbons (Fsp3) is 0.933. The molecule has 2 fully saturated rings. The summed E-state index contributed by atoms with van der Waals surface area (Å²) in [6.07, 6.45) is 8.80. The molecule has 1 aliphatic carbocycles. The second-order valence-electron chi connectivity index (χ2n) is 6.09. The normalized spacial score (nSPS) is 26.0. The molecule has 2 aliphatic rings. The summed E-state index contributed by atoms with van der Waals surface area (Å²) >= 11 is 1.90. The maximum Gasteiger partial charge on any atom is 0.228 e. The van der Waals surface area contributed by atoms with Gasteiger partial charge in [-0.15, -0.1) is 0 Å². The van der Waals surface area contributed by atoms with E-state index in [1.165, 1.54) is 25.0 Å². The average molecular weight is 285 g/mol. The van der Waals surface area contributed by atoms with Crippen LogP contribution in [-0.4, -0.2) is 49.6 Å². The highest BCUT2D eigenvalue weighted by molar-refractivity contribution is 7.98. The third kappa shape index (κ3) is 3.46. The summed E-state index contributed by atoms with van der Waals surface area (Å²) in [7, 11) is 1.73. The number of carbonyl (C=O) groups excluding carboxylic acids is 1. The van der Waals surface area contributed by atoms with Gasteiger partial charge in [-0.2, -0.15) is 11.8 Å². The van der Waals surface area contributed by atoms with Crippen LogP contribution in [0.1, 0.15) is 38.5 Å². The molecule has 4 heteroatoms. The Hall–Kier alpha value is -0.220. The largest absolute Gasteiger partial charge is 0.385 e. The molecule has 19 heavy (non-hydrogen) atoms. The van der Waals surface area contributed by atoms with Gasteiger partial charge >= 0.3 is 0 Å². The van der Waals surface area contributed by atoms with Crippen LogP contribution >= 0.6 is 11.8 Å². The predicted octanol–water partition coefficient (Wildman–Crippen LogP) is 2.79. The smallest absolute Gasteiger partial charge is 0.228 e. The Bertz CT molecular complexity index is 303. The number of amides is 1. The van der Waals surface area contributed by atoms with Gasteiger partial charge in [0.05, 0.1) is 5.41 Å². The molecule has 0 radical (unpaired) electrons. The van der Waals surface area contributed by atoms with Gasteiger partial charge in [0, 0.05) is 26.8 Å². The van der Waals surface area contributed by atoms with E-state index in [4.69, 9.17) is 4.74 Å². The maximum atomic E-state index is 12.9. The minimum atomic E-state index is -0.0930. The Morgan fingerprint density at radius 3 is 2.79 bits per heavy atom. The lowest BCUT2D eigenvalue weighted by molar-refractivity contribution is -0.142. The lowest BCUT2D eigenvalue weighted by atomic mass is 9.81. The number of thioether (sulfide) groups is 1. The molecule has 0 aromatic rings. The van der Waals surface area contributed by atoms with Crippen molar-refractivity contribution in [3.63, 3.8) is 0 Å². The van der Waals surface area contributed by atoms with Gasteiger partial charge in [0.1, 0.15) is 0 Å². The van der Waals surface area contributed by atoms with Crippen molar-refractivity contribution < 1.29 is 9.53 Å². The van der Waals surface area contributed by atoms with Gasteiger partial charge in [-0.1, -0.05) is 12.8 Å². The van der Waals surface area contributed by atoms with Gasteiger partial charge in [0.15, 0.2) is 0 Å². The fourth-order valence-electron chi connectivity index (χ4n) is 3.64. The minimum absolute atomic E-state index is 0.0930. The number of rotatable bonds is 6. The number of ether oxygens (including phenoxy) is 1. The lowest BCUT2D eigenvalue weighted by Crippen LogP contribution is -2.42. The highest BCUT2D eigenvalue weighted by Crippen LogP contribution is 2.43. The Kier molecular flexibility index (Phi) is 5.58. The summed E-state index contributed by atoms with van der Waals surface area (Å²) in [6.45, 7) is 2.67. The quantitative estimate of drug-likeness (QED) is 0.751. The van der Waals surface area contributed by atoms with Crippen LogP contribution in [0.25, 0.3) is 0 Å². The number of hydrogen-bond donors (Lipinski definition) is 0. The van der Waals surface area contributed by atoms with Gasteiger partial charge in [-0.05, 0) is 43.6 Å². The van der Waals surface area contributed by atoms with E-state index < -0.39 is 0 Å². The van der Waals surface area contributed by atoms with E-state index in [1.807, 2.05) is 11.8 Å². The first-order valence-electron chi connectivity index (χ1n) is 7.49. The van der Waals surface area contributed by atoms with Gasteiger partial charge in [0.25, 0.3) is 0 Å². The van der Waals surface area contributed by atoms with Gasteiger partial charge in [0.2, 0.25) is 5.91 Å². The summed E-state index contributed by atoms with van der Waals surface area (Å²) in [4.78, 5) is 15.0. The first-order valence-corrected chi connectivity index (χ1v) is 8.88. The van der Waals surface area contributed by atoms with Gasteiger partial charge in [-0.3, -0.25) is 4.79 Å². The van der Waals surface area contributed by atoms with Crippen molar-refractivity contribution in [3.05, 3.63) is 0 Å². The lowest BCUT2D eigenvalue weighted by Gasteiger charge is -2.32. The van der Waals surface area contributed by atoms with Gasteiger partial charge < -0.3 is 9.64 Å². The highest BCUT2D eigenvalue weighted by atomic mass is 32.2. The SMILES string of the molecule is COCCC1(C(=O)N2CCC(CSC)C2)CCCC1. The zero-order valence-electron chi connectivity index (χ0n) is 12.3. The first-order chi connectivity index (χ1) is 9.22. The predicted molar refractivity (Wildman–Crippen MR) is 80.5 cm³/mol. The number of nitrogens with zero attached hydrogens (tertiary/aromatic N) is 1. The van der Waals surface area contributed by atoms with Gasteiger partial charge in [-0.25, -0.2) is 0 Å². The first kappa shape index (κ1) is 15.2. The summed E-state index contributed by atoms with van der Waals surface area (Å²) < 4.78 is 5.23. The molecule has 0 bridgehead atoms. The summed E-state index contributed by atoms with van der Waals surface area (Å²) in [5.74, 6) is 2.32. The molecule has 0 N–H and O–H groups in total. The van der Waals surface area contributed by atoms with E-state index in [0.717, 1.165) is 32.4 Å². The molecule has 0 aromatic carbocycles. The third-order valence-corrected chi connectivity index (χ3v) is 5.58. The molecule has 0 spiro atoms. The molecule has 1 atom stereocenters. The van der Waals surface area contributed by atoms with E-state index in [9.17, 15) is 4.79 Å². The van der Waals surface area contributed by atoms with Crippen LogP contribution in [0.3, 0.4) is 0 Å². The van der Waals surface area contributed by atoms with Crippen LogP contribution in [0.4, 0.5) is 0 Å². The molecule has 1 aliphatic heterocycles. The van der Waals surface area contributed by atoms with Crippen molar-refractivity contribution >= 4 is 17.7 Å². The molecular formula is C15H27NO2S. The second kappa shape index (κ2) is 6.98. The summed E-state index contributed by atoms with van der Waals surface area (Å²) in [5.41, 5.74) is -0.0930. The van der Waals surface area contributed by atoms with Crippen molar-refractivity contribution in [1.29, 1.82) is 0 Å². The van der Waals surface area contributed by atoms with Crippen molar-refractivity contribution in [2.45, 2.75) is 38.5 Å². The van der Waals surface area contributed by atoms with E-state index in [2.05, 4.69) is 11.2 Å². The number of likely N-dealkylation sites (tertiary alicyclic amines) is 1. The van der Waals surface area contributed by atoms with Crippen molar-refractivity contribution in [2.24, 2.45) is 11.3 Å². The number of carbonyl (C=O) groups is 1. The third-order valence-electron chi connectivity index (χ3n) is 4.77. The number of hydrogen-bond acceptors (Lipinski definition) is 3. The molecule has 2 rings (SSSR count). The van der Waals surface area contributed by atoms with Crippen LogP contribution in [0.15, 0.2) is 0 Å². The molecule has 1 amide bonds. The maximum absolute atomic E-state index is 12.9. The molecule has 1 heterocycles. The molecule has 1 saturated carbocycles. The summed E-state index contributed by atoms with van der Waals surface area (Å²) in [5, 5.41) is 0. The van der Waals surface area contributed by atoms with E-state index in [0.29, 0.717) is 18.4 Å². The van der Waals surface area contributed by atoms with Crippen molar-refractivity contribution in [3.8, 4) is 0 Å². The van der Waals surface area contributed by atoms with Crippen LogP contribution in [0, 0.1) is 11.3 Å². The topological polar surface area (TPSA) is 29.5 Å². The van der Waals surface area contributed by atoms with E-state index in [-0.39, 0.29) is 5.41 Å². The Balaban J connectivity index is 1.96. The molecule has 3 nitrogen and oxygen atoms in total. The molecule has 0 aromatic heterocycles. The molecule has 1 saturated heterocycles. The van der Waals surface area contributed by atoms with E-state index in [1.54, 1.807) is 7.11 Å². The molecule has 1 unspecified atom stereocenters. The summed E-state index contributed by atoms with van der Waals surface area (Å²) in [6, 6.07) is 0. The van der Waals surface area contributed by atoms with Crippen molar-refractivity contribution in [1.82, 2.24) is 4.90 Å². The standard InChI is InChI=1S/C15H27NO2S/c1-18-10-8-15(6-3-4-7-15)14(17)16-9-5-13(11-16)12-19-2/h13H,3-12H2,1-2H3. The highest BCUT2D eigenvalue weighted by Gasteiger charge is 2.44. The van der Waals surface area contributed by atoms with Crippen LogP contribution in [0.5, 0.6) is 0 Å². The number of methoxy groups -OCH3 is 1. The van der Waals surface area contributed by atoms with E-state index >= 15 is 0 Å². The average Bonchev–Trinajstić information content (AvgIpc) is 3.06. The fourth-order valence-corrected chi connectivity index (χ4v) is 4.39. The monoisotopic (exact) mass is 285 g/mol. The van der Waals surface area contributed by atoms with Crippen molar-refractivity contribution in [2.75, 3.05) is 38.8 Å². The molecular weight excluding hydrogens is 258 g/mol.